The Labute approximate surface area is 164 Å². The molecule has 27 heavy (non-hydrogen) atoms. The zero-order chi connectivity index (χ0) is 19.2. The zero-order valence-corrected chi connectivity index (χ0v) is 15.6. The van der Waals surface area contributed by atoms with Gasteiger partial charge in [-0.1, -0.05) is 17.7 Å². The standard InChI is InChI=1S/C19H15ClFN3O2S/c20-13-6-4-12(5-7-13)18(26)24-19-23-16(11-27-19)8-9-17(25)22-15-3-1-2-14(21)10-15/h1-7,10-11H,8-9H2,(H,22,25)(H,23,24,26). The molecule has 0 atom stereocenters. The Morgan fingerprint density at radius 2 is 1.89 bits per heavy atom. The predicted molar refractivity (Wildman–Crippen MR) is 105 cm³/mol. The fourth-order valence-corrected chi connectivity index (χ4v) is 3.15. The molecule has 0 aliphatic rings. The van der Waals surface area contributed by atoms with Gasteiger partial charge in [0.05, 0.1) is 5.69 Å². The molecule has 1 heterocycles. The summed E-state index contributed by atoms with van der Waals surface area (Å²) >= 11 is 7.09. The van der Waals surface area contributed by atoms with Gasteiger partial charge in [0.2, 0.25) is 5.91 Å². The van der Waals surface area contributed by atoms with Crippen LogP contribution in [-0.4, -0.2) is 16.8 Å². The molecular weight excluding hydrogens is 389 g/mol. The van der Waals surface area contributed by atoms with Gasteiger partial charge < -0.3 is 5.32 Å². The minimum absolute atomic E-state index is 0.199. The van der Waals surface area contributed by atoms with Crippen LogP contribution in [0.25, 0.3) is 0 Å². The third kappa shape index (κ3) is 5.60. The fourth-order valence-electron chi connectivity index (χ4n) is 2.28. The van der Waals surface area contributed by atoms with Crippen LogP contribution in [0.3, 0.4) is 0 Å². The lowest BCUT2D eigenvalue weighted by Gasteiger charge is -2.04. The zero-order valence-electron chi connectivity index (χ0n) is 14.0. The molecule has 0 fully saturated rings. The lowest BCUT2D eigenvalue weighted by Crippen LogP contribution is -2.13. The number of nitrogens with zero attached hydrogens (tertiary/aromatic N) is 1. The van der Waals surface area contributed by atoms with E-state index in [1.165, 1.54) is 29.5 Å². The van der Waals surface area contributed by atoms with Gasteiger partial charge in [-0.3, -0.25) is 14.9 Å². The second-order valence-corrected chi connectivity index (χ2v) is 6.96. The van der Waals surface area contributed by atoms with E-state index in [4.69, 9.17) is 11.6 Å². The molecule has 8 heteroatoms. The van der Waals surface area contributed by atoms with Crippen molar-refractivity contribution in [1.29, 1.82) is 0 Å². The first-order valence-electron chi connectivity index (χ1n) is 8.06. The first-order chi connectivity index (χ1) is 13.0. The van der Waals surface area contributed by atoms with Crippen molar-refractivity contribution < 1.29 is 14.0 Å². The van der Waals surface area contributed by atoms with Crippen LogP contribution in [0.1, 0.15) is 22.5 Å². The van der Waals surface area contributed by atoms with Crippen molar-refractivity contribution in [1.82, 2.24) is 4.98 Å². The number of benzene rings is 2. The van der Waals surface area contributed by atoms with Crippen molar-refractivity contribution in [3.63, 3.8) is 0 Å². The molecular formula is C19H15ClFN3O2S. The molecule has 3 aromatic rings. The second kappa shape index (κ2) is 8.75. The lowest BCUT2D eigenvalue weighted by atomic mass is 10.2. The summed E-state index contributed by atoms with van der Waals surface area (Å²) in [6.45, 7) is 0. The summed E-state index contributed by atoms with van der Waals surface area (Å²) in [6.07, 6.45) is 0.610. The number of nitrogens with one attached hydrogen (secondary N) is 2. The van der Waals surface area contributed by atoms with Gasteiger partial charge in [0, 0.05) is 28.1 Å². The molecule has 1 aromatic heterocycles. The van der Waals surface area contributed by atoms with Gasteiger partial charge >= 0.3 is 0 Å². The number of rotatable bonds is 6. The fraction of sp³-hybridized carbons (Fsp3) is 0.105. The van der Waals surface area contributed by atoms with Crippen molar-refractivity contribution in [2.45, 2.75) is 12.8 Å². The Bertz CT molecular complexity index is 960. The van der Waals surface area contributed by atoms with Crippen LogP contribution in [0.15, 0.2) is 53.9 Å². The highest BCUT2D eigenvalue weighted by atomic mass is 35.5. The minimum Gasteiger partial charge on any atom is -0.326 e. The summed E-state index contributed by atoms with van der Waals surface area (Å²) in [7, 11) is 0. The highest BCUT2D eigenvalue weighted by Gasteiger charge is 2.10. The lowest BCUT2D eigenvalue weighted by molar-refractivity contribution is -0.116. The van der Waals surface area contributed by atoms with E-state index in [9.17, 15) is 14.0 Å². The normalized spacial score (nSPS) is 10.4. The first-order valence-corrected chi connectivity index (χ1v) is 9.32. The topological polar surface area (TPSA) is 71.1 Å². The SMILES string of the molecule is O=C(CCc1csc(NC(=O)c2ccc(Cl)cc2)n1)Nc1cccc(F)c1. The molecule has 0 aliphatic carbocycles. The number of aromatic nitrogens is 1. The van der Waals surface area contributed by atoms with Crippen LogP contribution >= 0.6 is 22.9 Å². The number of carbonyl (C=O) groups excluding carboxylic acids is 2. The molecule has 138 valence electrons. The molecule has 2 N–H and O–H groups in total. The Balaban J connectivity index is 1.51. The molecule has 0 spiro atoms. The number of amides is 2. The van der Waals surface area contributed by atoms with Crippen LogP contribution in [0.4, 0.5) is 15.2 Å². The Hall–Kier alpha value is -2.77. The van der Waals surface area contributed by atoms with E-state index in [0.717, 1.165) is 0 Å². The second-order valence-electron chi connectivity index (χ2n) is 5.66. The van der Waals surface area contributed by atoms with Crippen molar-refractivity contribution >= 4 is 45.6 Å². The van der Waals surface area contributed by atoms with E-state index in [1.54, 1.807) is 35.7 Å². The third-order valence-electron chi connectivity index (χ3n) is 3.60. The molecule has 0 saturated carbocycles. The maximum absolute atomic E-state index is 13.1. The summed E-state index contributed by atoms with van der Waals surface area (Å²) in [5.41, 5.74) is 1.58. The molecule has 3 rings (SSSR count). The van der Waals surface area contributed by atoms with E-state index in [-0.39, 0.29) is 18.2 Å². The summed E-state index contributed by atoms with van der Waals surface area (Å²) in [4.78, 5) is 28.4. The summed E-state index contributed by atoms with van der Waals surface area (Å²) in [6, 6.07) is 12.2. The van der Waals surface area contributed by atoms with E-state index in [1.807, 2.05) is 0 Å². The summed E-state index contributed by atoms with van der Waals surface area (Å²) < 4.78 is 13.1. The molecule has 2 amide bonds. The third-order valence-corrected chi connectivity index (χ3v) is 4.65. The van der Waals surface area contributed by atoms with Crippen LogP contribution < -0.4 is 10.6 Å². The van der Waals surface area contributed by atoms with Gasteiger partial charge in [0.1, 0.15) is 5.82 Å². The molecule has 0 unspecified atom stereocenters. The van der Waals surface area contributed by atoms with E-state index < -0.39 is 5.82 Å². The maximum Gasteiger partial charge on any atom is 0.257 e. The minimum atomic E-state index is -0.409. The van der Waals surface area contributed by atoms with Gasteiger partial charge in [0.15, 0.2) is 5.13 Å². The Morgan fingerprint density at radius 3 is 2.63 bits per heavy atom. The number of halogens is 2. The quantitative estimate of drug-likeness (QED) is 0.623. The van der Waals surface area contributed by atoms with E-state index >= 15 is 0 Å². The Kier molecular flexibility index (Phi) is 6.16. The van der Waals surface area contributed by atoms with Crippen LogP contribution in [-0.2, 0) is 11.2 Å². The van der Waals surface area contributed by atoms with Gasteiger partial charge in [0.25, 0.3) is 5.91 Å². The van der Waals surface area contributed by atoms with Gasteiger partial charge in [-0.25, -0.2) is 9.37 Å². The van der Waals surface area contributed by atoms with Gasteiger partial charge in [-0.2, -0.15) is 0 Å². The van der Waals surface area contributed by atoms with Crippen LogP contribution in [0.2, 0.25) is 5.02 Å². The predicted octanol–water partition coefficient (Wildman–Crippen LogP) is 4.76. The Morgan fingerprint density at radius 1 is 1.11 bits per heavy atom. The number of aryl methyl sites for hydroxylation is 1. The number of anilines is 2. The van der Waals surface area contributed by atoms with Crippen molar-refractivity contribution in [3.8, 4) is 0 Å². The summed E-state index contributed by atoms with van der Waals surface area (Å²) in [5, 5.41) is 8.14. The molecule has 0 radical (unpaired) electrons. The van der Waals surface area contributed by atoms with E-state index in [0.29, 0.717) is 33.5 Å². The van der Waals surface area contributed by atoms with Crippen LogP contribution in [0, 0.1) is 5.82 Å². The van der Waals surface area contributed by atoms with Crippen molar-refractivity contribution in [3.05, 3.63) is 76.0 Å². The smallest absolute Gasteiger partial charge is 0.257 e. The molecule has 0 aliphatic heterocycles. The largest absolute Gasteiger partial charge is 0.326 e. The highest BCUT2D eigenvalue weighted by molar-refractivity contribution is 7.14. The number of thiazole rings is 1. The molecule has 5 nitrogen and oxygen atoms in total. The average Bonchev–Trinajstić information content (AvgIpc) is 3.08. The highest BCUT2D eigenvalue weighted by Crippen LogP contribution is 2.19. The maximum atomic E-state index is 13.1. The van der Waals surface area contributed by atoms with Crippen LogP contribution in [0.5, 0.6) is 0 Å². The number of hydrogen-bond acceptors (Lipinski definition) is 4. The number of carbonyl (C=O) groups is 2. The van der Waals surface area contributed by atoms with Gasteiger partial charge in [-0.05, 0) is 48.9 Å². The molecule has 0 saturated heterocycles. The van der Waals surface area contributed by atoms with Gasteiger partial charge in [-0.15, -0.1) is 11.3 Å². The van der Waals surface area contributed by atoms with Crippen molar-refractivity contribution in [2.75, 3.05) is 10.6 Å². The van der Waals surface area contributed by atoms with Crippen molar-refractivity contribution in [2.24, 2.45) is 0 Å². The monoisotopic (exact) mass is 403 g/mol. The number of hydrogen-bond donors (Lipinski definition) is 2. The first kappa shape index (κ1) is 19.0. The summed E-state index contributed by atoms with van der Waals surface area (Å²) in [5.74, 6) is -0.926. The molecule has 0 bridgehead atoms. The molecule has 2 aromatic carbocycles. The van der Waals surface area contributed by atoms with E-state index in [2.05, 4.69) is 15.6 Å². The average molecular weight is 404 g/mol.